The predicted molar refractivity (Wildman–Crippen MR) is 93.5 cm³/mol. The fourth-order valence-electron chi connectivity index (χ4n) is 1.76. The van der Waals surface area contributed by atoms with Crippen LogP contribution in [0.5, 0.6) is 0 Å². The van der Waals surface area contributed by atoms with Gasteiger partial charge in [-0.25, -0.2) is 4.99 Å². The van der Waals surface area contributed by atoms with Crippen LogP contribution in [-0.2, 0) is 16.1 Å². The van der Waals surface area contributed by atoms with E-state index in [2.05, 4.69) is 4.99 Å². The van der Waals surface area contributed by atoms with Crippen molar-refractivity contribution >= 4 is 17.5 Å². The number of halogens is 4. The number of allylic oxidation sites excluding steroid dienone is 1. The summed E-state index contributed by atoms with van der Waals surface area (Å²) in [5.74, 6) is -2.34. The van der Waals surface area contributed by atoms with Gasteiger partial charge in [0.15, 0.2) is 0 Å². The molecular weight excluding hydrogens is 355 g/mol. The maximum atomic E-state index is 13.0. The third-order valence-corrected chi connectivity index (χ3v) is 3.94. The standard InChI is InChI=1S/C18H23ClF3NO2/c1-5-16(19)23-17(12(2)18(20,21)22)25-14(4)13(3)24-11-15-9-7-6-8-10-15/h5-10,12-14H,11H2,1-4H3/b16-5-,23-17?. The largest absolute Gasteiger partial charge is 0.475 e. The second kappa shape index (κ2) is 9.82. The van der Waals surface area contributed by atoms with Crippen molar-refractivity contribution in [2.45, 2.75) is 52.7 Å². The lowest BCUT2D eigenvalue weighted by Crippen LogP contribution is -2.35. The molecule has 1 aromatic rings. The van der Waals surface area contributed by atoms with Crippen molar-refractivity contribution in [3.05, 3.63) is 47.1 Å². The molecule has 0 aliphatic rings. The van der Waals surface area contributed by atoms with E-state index in [-0.39, 0.29) is 5.16 Å². The summed E-state index contributed by atoms with van der Waals surface area (Å²) in [5, 5.41) is -0.0591. The first-order valence-corrected chi connectivity index (χ1v) is 8.32. The lowest BCUT2D eigenvalue weighted by molar-refractivity contribution is -0.156. The van der Waals surface area contributed by atoms with Crippen LogP contribution in [0.2, 0.25) is 0 Å². The van der Waals surface area contributed by atoms with Crippen molar-refractivity contribution in [3.8, 4) is 0 Å². The molecule has 0 fully saturated rings. The maximum Gasteiger partial charge on any atom is 0.400 e. The van der Waals surface area contributed by atoms with E-state index >= 15 is 0 Å². The van der Waals surface area contributed by atoms with Crippen LogP contribution in [0, 0.1) is 5.92 Å². The molecule has 0 N–H and O–H groups in total. The number of rotatable bonds is 7. The Bertz CT molecular complexity index is 588. The van der Waals surface area contributed by atoms with Crippen LogP contribution in [0.25, 0.3) is 0 Å². The van der Waals surface area contributed by atoms with E-state index in [1.807, 2.05) is 30.3 Å². The topological polar surface area (TPSA) is 30.8 Å². The summed E-state index contributed by atoms with van der Waals surface area (Å²) >= 11 is 5.75. The van der Waals surface area contributed by atoms with Gasteiger partial charge in [-0.2, -0.15) is 13.2 Å². The Morgan fingerprint density at radius 3 is 2.28 bits per heavy atom. The van der Waals surface area contributed by atoms with Crippen molar-refractivity contribution in [1.29, 1.82) is 0 Å². The van der Waals surface area contributed by atoms with E-state index in [0.29, 0.717) is 6.61 Å². The maximum absolute atomic E-state index is 13.0. The normalized spacial score (nSPS) is 17.1. The van der Waals surface area contributed by atoms with Gasteiger partial charge in [0.2, 0.25) is 5.90 Å². The first kappa shape index (κ1) is 21.5. The van der Waals surface area contributed by atoms with Gasteiger partial charge >= 0.3 is 6.18 Å². The molecule has 0 spiro atoms. The quantitative estimate of drug-likeness (QED) is 0.347. The minimum Gasteiger partial charge on any atom is -0.475 e. The van der Waals surface area contributed by atoms with Gasteiger partial charge in [0.1, 0.15) is 17.2 Å². The third kappa shape index (κ3) is 7.48. The molecule has 0 heterocycles. The lowest BCUT2D eigenvalue weighted by atomic mass is 10.1. The van der Waals surface area contributed by atoms with Crippen LogP contribution < -0.4 is 0 Å². The molecular formula is C18H23ClF3NO2. The van der Waals surface area contributed by atoms with Crippen molar-refractivity contribution < 1.29 is 22.6 Å². The molecule has 0 radical (unpaired) electrons. The van der Waals surface area contributed by atoms with E-state index in [0.717, 1.165) is 12.5 Å². The Labute approximate surface area is 151 Å². The second-order valence-electron chi connectivity index (χ2n) is 5.65. The Kier molecular flexibility index (Phi) is 8.45. The molecule has 140 valence electrons. The molecule has 3 nitrogen and oxygen atoms in total. The summed E-state index contributed by atoms with van der Waals surface area (Å²) in [5.41, 5.74) is 0.969. The van der Waals surface area contributed by atoms with Gasteiger partial charge in [-0.15, -0.1) is 0 Å². The highest BCUT2D eigenvalue weighted by Crippen LogP contribution is 2.29. The van der Waals surface area contributed by atoms with E-state index in [4.69, 9.17) is 21.1 Å². The van der Waals surface area contributed by atoms with Gasteiger partial charge in [0.25, 0.3) is 0 Å². The van der Waals surface area contributed by atoms with Crippen molar-refractivity contribution in [1.82, 2.24) is 0 Å². The van der Waals surface area contributed by atoms with Gasteiger partial charge in [-0.3, -0.25) is 0 Å². The van der Waals surface area contributed by atoms with Crippen LogP contribution in [0.4, 0.5) is 13.2 Å². The lowest BCUT2D eigenvalue weighted by Gasteiger charge is -2.26. The summed E-state index contributed by atoms with van der Waals surface area (Å²) in [6, 6.07) is 9.48. The van der Waals surface area contributed by atoms with Crippen LogP contribution in [0.1, 0.15) is 33.3 Å². The molecule has 3 unspecified atom stereocenters. The van der Waals surface area contributed by atoms with Crippen molar-refractivity contribution in [2.24, 2.45) is 10.9 Å². The number of aliphatic imine (C=N–C) groups is 1. The number of hydrogen-bond donors (Lipinski definition) is 0. The molecule has 0 saturated carbocycles. The molecule has 3 atom stereocenters. The highest BCUT2D eigenvalue weighted by molar-refractivity contribution is 6.29. The van der Waals surface area contributed by atoms with Crippen molar-refractivity contribution in [2.75, 3.05) is 0 Å². The minimum atomic E-state index is -4.47. The van der Waals surface area contributed by atoms with E-state index in [1.54, 1.807) is 20.8 Å². The zero-order chi connectivity index (χ0) is 19.0. The molecule has 0 amide bonds. The highest BCUT2D eigenvalue weighted by Gasteiger charge is 2.41. The number of benzene rings is 1. The SMILES string of the molecule is C/C=C(/Cl)N=C(OC(C)C(C)OCc1ccccc1)C(C)C(F)(F)F. The highest BCUT2D eigenvalue weighted by atomic mass is 35.5. The summed E-state index contributed by atoms with van der Waals surface area (Å²) in [6.45, 7) is 6.28. The van der Waals surface area contributed by atoms with Crippen LogP contribution in [0.15, 0.2) is 46.6 Å². The molecule has 0 bridgehead atoms. The number of nitrogens with zero attached hydrogens (tertiary/aromatic N) is 1. The Morgan fingerprint density at radius 1 is 1.16 bits per heavy atom. The number of alkyl halides is 3. The fraction of sp³-hybridized carbons (Fsp3) is 0.500. The number of hydrogen-bond acceptors (Lipinski definition) is 3. The molecule has 25 heavy (non-hydrogen) atoms. The fourth-order valence-corrected chi connectivity index (χ4v) is 1.84. The summed E-state index contributed by atoms with van der Waals surface area (Å²) in [7, 11) is 0. The molecule has 0 aliphatic heterocycles. The Balaban J connectivity index is 2.76. The molecule has 0 aromatic heterocycles. The zero-order valence-electron chi connectivity index (χ0n) is 14.7. The van der Waals surface area contributed by atoms with E-state index in [1.165, 1.54) is 6.08 Å². The van der Waals surface area contributed by atoms with Gasteiger partial charge in [-0.1, -0.05) is 41.9 Å². The van der Waals surface area contributed by atoms with Crippen LogP contribution in [0.3, 0.4) is 0 Å². The van der Waals surface area contributed by atoms with Gasteiger partial charge in [0.05, 0.1) is 12.7 Å². The van der Waals surface area contributed by atoms with Crippen LogP contribution in [-0.4, -0.2) is 24.3 Å². The van der Waals surface area contributed by atoms with Gasteiger partial charge in [-0.05, 0) is 39.3 Å². The van der Waals surface area contributed by atoms with E-state index < -0.39 is 30.2 Å². The summed E-state index contributed by atoms with van der Waals surface area (Å²) in [6.07, 6.45) is -4.14. The zero-order valence-corrected chi connectivity index (χ0v) is 15.4. The average molecular weight is 378 g/mol. The molecule has 1 aromatic carbocycles. The van der Waals surface area contributed by atoms with Crippen LogP contribution >= 0.6 is 11.6 Å². The van der Waals surface area contributed by atoms with Crippen molar-refractivity contribution in [3.63, 3.8) is 0 Å². The van der Waals surface area contributed by atoms with Gasteiger partial charge in [0, 0.05) is 0 Å². The molecule has 0 aliphatic carbocycles. The smallest absolute Gasteiger partial charge is 0.400 e. The number of ether oxygens (including phenoxy) is 2. The summed E-state index contributed by atoms with van der Waals surface area (Å²) in [4.78, 5) is 3.75. The molecule has 0 saturated heterocycles. The third-order valence-electron chi connectivity index (χ3n) is 3.64. The first-order valence-electron chi connectivity index (χ1n) is 7.94. The predicted octanol–water partition coefficient (Wildman–Crippen LogP) is 5.69. The minimum absolute atomic E-state index is 0.0591. The van der Waals surface area contributed by atoms with E-state index in [9.17, 15) is 13.2 Å². The Morgan fingerprint density at radius 2 is 1.76 bits per heavy atom. The second-order valence-corrected chi connectivity index (χ2v) is 6.04. The van der Waals surface area contributed by atoms with Gasteiger partial charge < -0.3 is 9.47 Å². The monoisotopic (exact) mass is 377 g/mol. The average Bonchev–Trinajstić information content (AvgIpc) is 2.58. The molecule has 1 rings (SSSR count). The Hall–Kier alpha value is -1.53. The first-order chi connectivity index (χ1) is 11.6. The molecule has 7 heteroatoms. The summed E-state index contributed by atoms with van der Waals surface area (Å²) < 4.78 is 50.2.